The molecule has 0 N–H and O–H groups in total. The van der Waals surface area contributed by atoms with Gasteiger partial charge in [-0.1, -0.05) is 6.07 Å². The van der Waals surface area contributed by atoms with E-state index in [1.54, 1.807) is 26.4 Å². The molecule has 0 atom stereocenters. The van der Waals surface area contributed by atoms with Gasteiger partial charge in [0.1, 0.15) is 0 Å². The zero-order valence-electron chi connectivity index (χ0n) is 8.99. The van der Waals surface area contributed by atoms with Gasteiger partial charge in [-0.25, -0.2) is 0 Å². The molecule has 0 aliphatic rings. The van der Waals surface area contributed by atoms with Crippen LogP contribution in [-0.4, -0.2) is 27.8 Å². The lowest BCUT2D eigenvalue weighted by molar-refractivity contribution is 0.0322. The Hall–Kier alpha value is -1.26. The Morgan fingerprint density at radius 1 is 1.00 bits per heavy atom. The van der Waals surface area contributed by atoms with E-state index in [0.717, 1.165) is 5.56 Å². The number of hydrogen-bond donors (Lipinski definition) is 0. The summed E-state index contributed by atoms with van der Waals surface area (Å²) < 4.78 is 20.3. The third-order valence-corrected chi connectivity index (χ3v) is 1.67. The lowest BCUT2D eigenvalue weighted by Gasteiger charge is -2.12. The van der Waals surface area contributed by atoms with Gasteiger partial charge < -0.3 is 18.9 Å². The minimum Gasteiger partial charge on any atom is -0.464 e. The molecule has 0 unspecified atom stereocenters. The molecule has 1 aromatic rings. The first-order valence-corrected chi connectivity index (χ1v) is 4.47. The fourth-order valence-electron chi connectivity index (χ4n) is 1.03. The first-order valence-electron chi connectivity index (χ1n) is 4.47. The average molecular weight is 211 g/mol. The summed E-state index contributed by atoms with van der Waals surface area (Å²) in [4.78, 5) is 0. The van der Waals surface area contributed by atoms with Crippen LogP contribution in [0, 0.1) is 6.92 Å². The van der Waals surface area contributed by atoms with Crippen molar-refractivity contribution >= 4 is 0 Å². The number of benzene rings is 1. The van der Waals surface area contributed by atoms with Crippen LogP contribution < -0.4 is 9.47 Å². The predicted molar refractivity (Wildman–Crippen MR) is 55.9 cm³/mol. The third-order valence-electron chi connectivity index (χ3n) is 1.67. The molecule has 15 heavy (non-hydrogen) atoms. The summed E-state index contributed by atoms with van der Waals surface area (Å²) in [6.45, 7) is 4.16. The number of hydrogen-bond acceptors (Lipinski definition) is 4. The predicted octanol–water partition coefficient (Wildman–Crippen LogP) is 1.83. The van der Waals surface area contributed by atoms with Gasteiger partial charge in [0, 0.05) is 14.2 Å². The van der Waals surface area contributed by atoms with Crippen LogP contribution in [0.3, 0.4) is 0 Å². The molecule has 0 aromatic heterocycles. The minimum absolute atomic E-state index is 0.173. The van der Waals surface area contributed by atoms with Crippen molar-refractivity contribution in [3.05, 3.63) is 30.7 Å². The van der Waals surface area contributed by atoms with Crippen molar-refractivity contribution in [1.29, 1.82) is 0 Å². The van der Waals surface area contributed by atoms with E-state index >= 15 is 0 Å². The molecule has 0 spiro atoms. The maximum atomic E-state index is 5.32. The molecule has 1 radical (unpaired) electrons. The summed E-state index contributed by atoms with van der Waals surface area (Å²) in [5.74, 6) is 1.21. The SMILES string of the molecule is [CH2]c1ccc(OCOC)c(OCOC)c1. The highest BCUT2D eigenvalue weighted by molar-refractivity contribution is 5.43. The van der Waals surface area contributed by atoms with E-state index in [-0.39, 0.29) is 13.6 Å². The Balaban J connectivity index is 2.73. The highest BCUT2D eigenvalue weighted by Crippen LogP contribution is 2.28. The molecule has 4 heteroatoms. The molecule has 0 aliphatic carbocycles. The van der Waals surface area contributed by atoms with Crippen molar-refractivity contribution in [2.45, 2.75) is 0 Å². The second kappa shape index (κ2) is 6.27. The van der Waals surface area contributed by atoms with Gasteiger partial charge in [-0.2, -0.15) is 0 Å². The number of ether oxygens (including phenoxy) is 4. The number of methoxy groups -OCH3 is 2. The van der Waals surface area contributed by atoms with Crippen LogP contribution in [0.5, 0.6) is 11.5 Å². The summed E-state index contributed by atoms with van der Waals surface area (Å²) in [7, 11) is 3.12. The van der Waals surface area contributed by atoms with E-state index in [1.165, 1.54) is 0 Å². The van der Waals surface area contributed by atoms with Crippen molar-refractivity contribution in [2.75, 3.05) is 27.8 Å². The van der Waals surface area contributed by atoms with Gasteiger partial charge in [-0.15, -0.1) is 0 Å². The number of rotatable bonds is 6. The summed E-state index contributed by atoms with van der Waals surface area (Å²) in [6.07, 6.45) is 0. The quantitative estimate of drug-likeness (QED) is 0.673. The Morgan fingerprint density at radius 3 is 2.20 bits per heavy atom. The van der Waals surface area contributed by atoms with Crippen molar-refractivity contribution < 1.29 is 18.9 Å². The van der Waals surface area contributed by atoms with Crippen molar-refractivity contribution in [3.63, 3.8) is 0 Å². The molecular weight excluding hydrogens is 196 g/mol. The van der Waals surface area contributed by atoms with Crippen LogP contribution in [0.4, 0.5) is 0 Å². The standard InChI is InChI=1S/C11H15O4/c1-9-4-5-10(14-7-12-2)11(6-9)15-8-13-3/h4-6H,1,7-8H2,2-3H3. The molecule has 0 fully saturated rings. The molecule has 0 heterocycles. The third kappa shape index (κ3) is 3.77. The van der Waals surface area contributed by atoms with E-state index in [4.69, 9.17) is 18.9 Å². The zero-order chi connectivity index (χ0) is 11.1. The summed E-state index contributed by atoms with van der Waals surface area (Å²) >= 11 is 0. The topological polar surface area (TPSA) is 36.9 Å². The van der Waals surface area contributed by atoms with E-state index in [1.807, 2.05) is 6.07 Å². The minimum atomic E-state index is 0.173. The first kappa shape index (κ1) is 11.8. The average Bonchev–Trinajstić information content (AvgIpc) is 2.25. The van der Waals surface area contributed by atoms with E-state index in [9.17, 15) is 0 Å². The van der Waals surface area contributed by atoms with Gasteiger partial charge >= 0.3 is 0 Å². The Kier molecular flexibility index (Phi) is 4.93. The highest BCUT2D eigenvalue weighted by Gasteiger charge is 2.04. The second-order valence-electron chi connectivity index (χ2n) is 2.88. The summed E-state index contributed by atoms with van der Waals surface area (Å²) in [6, 6.07) is 5.40. The molecule has 0 saturated carbocycles. The summed E-state index contributed by atoms with van der Waals surface area (Å²) in [5, 5.41) is 0. The molecular formula is C11H15O4. The Morgan fingerprint density at radius 2 is 1.60 bits per heavy atom. The largest absolute Gasteiger partial charge is 0.464 e. The maximum absolute atomic E-state index is 5.32. The molecule has 83 valence electrons. The smallest absolute Gasteiger partial charge is 0.188 e. The van der Waals surface area contributed by atoms with Gasteiger partial charge in [-0.3, -0.25) is 0 Å². The molecule has 0 bridgehead atoms. The maximum Gasteiger partial charge on any atom is 0.188 e. The molecule has 1 rings (SSSR count). The Bertz CT molecular complexity index is 299. The van der Waals surface area contributed by atoms with Gasteiger partial charge in [0.2, 0.25) is 0 Å². The fraction of sp³-hybridized carbons (Fsp3) is 0.364. The van der Waals surface area contributed by atoms with Gasteiger partial charge in [0.05, 0.1) is 0 Å². The molecule has 4 nitrogen and oxygen atoms in total. The second-order valence-corrected chi connectivity index (χ2v) is 2.88. The normalized spacial score (nSPS) is 10.1. The zero-order valence-corrected chi connectivity index (χ0v) is 8.99. The van der Waals surface area contributed by atoms with Crippen LogP contribution in [0.15, 0.2) is 18.2 Å². The lowest BCUT2D eigenvalue weighted by Crippen LogP contribution is -2.04. The lowest BCUT2D eigenvalue weighted by atomic mass is 10.2. The van der Waals surface area contributed by atoms with Gasteiger partial charge in [0.25, 0.3) is 0 Å². The molecule has 0 aliphatic heterocycles. The molecule has 0 saturated heterocycles. The molecule has 0 amide bonds. The van der Waals surface area contributed by atoms with Crippen LogP contribution in [0.1, 0.15) is 5.56 Å². The van der Waals surface area contributed by atoms with Crippen LogP contribution in [0.25, 0.3) is 0 Å². The van der Waals surface area contributed by atoms with Crippen LogP contribution >= 0.6 is 0 Å². The first-order chi connectivity index (χ1) is 7.27. The van der Waals surface area contributed by atoms with Gasteiger partial charge in [-0.05, 0) is 24.6 Å². The van der Waals surface area contributed by atoms with Crippen molar-refractivity contribution in [3.8, 4) is 11.5 Å². The van der Waals surface area contributed by atoms with E-state index in [0.29, 0.717) is 11.5 Å². The Labute approximate surface area is 89.7 Å². The van der Waals surface area contributed by atoms with E-state index in [2.05, 4.69) is 6.92 Å². The van der Waals surface area contributed by atoms with Crippen LogP contribution in [0.2, 0.25) is 0 Å². The summed E-state index contributed by atoms with van der Waals surface area (Å²) in [5.41, 5.74) is 0.853. The monoisotopic (exact) mass is 211 g/mol. The molecule has 1 aromatic carbocycles. The van der Waals surface area contributed by atoms with Crippen molar-refractivity contribution in [2.24, 2.45) is 0 Å². The van der Waals surface area contributed by atoms with E-state index < -0.39 is 0 Å². The van der Waals surface area contributed by atoms with Crippen molar-refractivity contribution in [1.82, 2.24) is 0 Å². The fourth-order valence-corrected chi connectivity index (χ4v) is 1.03. The van der Waals surface area contributed by atoms with Crippen LogP contribution in [-0.2, 0) is 9.47 Å². The highest BCUT2D eigenvalue weighted by atomic mass is 16.7. The van der Waals surface area contributed by atoms with Gasteiger partial charge in [0.15, 0.2) is 25.1 Å².